The summed E-state index contributed by atoms with van der Waals surface area (Å²) in [5.74, 6) is -0.0699. The van der Waals surface area contributed by atoms with Crippen LogP contribution in [0.15, 0.2) is 22.2 Å². The minimum atomic E-state index is -0.667. The van der Waals surface area contributed by atoms with Crippen LogP contribution in [0.4, 0.5) is 4.79 Å². The van der Waals surface area contributed by atoms with E-state index in [9.17, 15) is 9.59 Å². The molecule has 5 nitrogen and oxygen atoms in total. The van der Waals surface area contributed by atoms with E-state index in [4.69, 9.17) is 0 Å². The van der Waals surface area contributed by atoms with Gasteiger partial charge < -0.3 is 5.32 Å². The number of nitrogens with one attached hydrogen (secondary N) is 1. The Balaban J connectivity index is 1.52. The Kier molecular flexibility index (Phi) is 4.14. The lowest BCUT2D eigenvalue weighted by Crippen LogP contribution is -2.46. The molecule has 4 rings (SSSR count). The second-order valence-electron chi connectivity index (χ2n) is 6.47. The van der Waals surface area contributed by atoms with Crippen LogP contribution in [0.3, 0.4) is 0 Å². The molecule has 24 heavy (non-hydrogen) atoms. The molecular formula is C17H19N3O2S2. The van der Waals surface area contributed by atoms with Gasteiger partial charge in [0.25, 0.3) is 5.91 Å². The zero-order valence-corrected chi connectivity index (χ0v) is 14.9. The van der Waals surface area contributed by atoms with E-state index in [0.717, 1.165) is 54.8 Å². The number of imide groups is 1. The molecule has 3 heterocycles. The molecule has 2 aliphatic rings. The number of hydrogen-bond donors (Lipinski definition) is 1. The van der Waals surface area contributed by atoms with Gasteiger partial charge in [-0.3, -0.25) is 9.69 Å². The summed E-state index contributed by atoms with van der Waals surface area (Å²) in [4.78, 5) is 31.2. The molecule has 1 spiro atoms. The predicted octanol–water partition coefficient (Wildman–Crippen LogP) is 4.02. The third-order valence-corrected chi connectivity index (χ3v) is 6.47. The van der Waals surface area contributed by atoms with Crippen molar-refractivity contribution < 1.29 is 9.59 Å². The first-order chi connectivity index (χ1) is 11.7. The molecular weight excluding hydrogens is 342 g/mol. The molecule has 0 radical (unpaired) electrons. The number of rotatable bonds is 3. The van der Waals surface area contributed by atoms with Crippen molar-refractivity contribution in [1.29, 1.82) is 0 Å². The lowest BCUT2D eigenvalue weighted by atomic mass is 9.90. The molecule has 1 aliphatic carbocycles. The van der Waals surface area contributed by atoms with E-state index in [2.05, 4.69) is 15.7 Å². The monoisotopic (exact) mass is 361 g/mol. The number of thiophene rings is 1. The van der Waals surface area contributed by atoms with Crippen molar-refractivity contribution in [1.82, 2.24) is 15.2 Å². The van der Waals surface area contributed by atoms with Crippen LogP contribution in [0.2, 0.25) is 0 Å². The van der Waals surface area contributed by atoms with Gasteiger partial charge in [-0.1, -0.05) is 25.7 Å². The normalized spacial score (nSPS) is 20.4. The zero-order chi connectivity index (χ0) is 16.6. The minimum absolute atomic E-state index is 0.0699. The molecule has 126 valence electrons. The Morgan fingerprint density at radius 3 is 2.67 bits per heavy atom. The predicted molar refractivity (Wildman–Crippen MR) is 94.9 cm³/mol. The molecule has 0 unspecified atom stereocenters. The van der Waals surface area contributed by atoms with Crippen molar-refractivity contribution in [3.63, 3.8) is 0 Å². The third-order valence-electron chi connectivity index (χ3n) is 4.84. The molecule has 7 heteroatoms. The van der Waals surface area contributed by atoms with Gasteiger partial charge in [0, 0.05) is 16.3 Å². The van der Waals surface area contributed by atoms with Crippen molar-refractivity contribution in [2.45, 2.75) is 50.6 Å². The molecule has 2 fully saturated rings. The van der Waals surface area contributed by atoms with Gasteiger partial charge in [-0.05, 0) is 24.3 Å². The smallest absolute Gasteiger partial charge is 0.323 e. The topological polar surface area (TPSA) is 62.3 Å². The van der Waals surface area contributed by atoms with E-state index in [1.165, 1.54) is 4.90 Å². The van der Waals surface area contributed by atoms with Crippen molar-refractivity contribution in [3.8, 4) is 10.6 Å². The third kappa shape index (κ3) is 2.75. The first kappa shape index (κ1) is 15.8. The van der Waals surface area contributed by atoms with Crippen LogP contribution in [-0.2, 0) is 11.3 Å². The van der Waals surface area contributed by atoms with E-state index in [1.807, 2.05) is 16.8 Å². The fourth-order valence-electron chi connectivity index (χ4n) is 3.55. The fourth-order valence-corrected chi connectivity index (χ4v) is 5.07. The summed E-state index contributed by atoms with van der Waals surface area (Å²) < 4.78 is 0. The Morgan fingerprint density at radius 2 is 1.96 bits per heavy atom. The average Bonchev–Trinajstić information content (AvgIpc) is 3.25. The van der Waals surface area contributed by atoms with Crippen LogP contribution >= 0.6 is 22.7 Å². The number of carbonyl (C=O) groups excluding carboxylic acids is 2. The highest BCUT2D eigenvalue weighted by atomic mass is 32.1. The maximum absolute atomic E-state index is 12.9. The van der Waals surface area contributed by atoms with Crippen LogP contribution in [0.25, 0.3) is 10.6 Å². The Hall–Kier alpha value is -1.73. The van der Waals surface area contributed by atoms with E-state index in [-0.39, 0.29) is 18.5 Å². The maximum Gasteiger partial charge on any atom is 0.325 e. The molecule has 0 bridgehead atoms. The molecule has 3 amide bonds. The van der Waals surface area contributed by atoms with Gasteiger partial charge in [0.05, 0.1) is 12.2 Å². The summed E-state index contributed by atoms with van der Waals surface area (Å²) in [5.41, 5.74) is 1.20. The van der Waals surface area contributed by atoms with Gasteiger partial charge in [-0.2, -0.15) is 11.3 Å². The van der Waals surface area contributed by atoms with E-state index in [1.54, 1.807) is 22.7 Å². The molecule has 1 saturated heterocycles. The summed E-state index contributed by atoms with van der Waals surface area (Å²) in [5, 5.41) is 9.92. The van der Waals surface area contributed by atoms with Crippen LogP contribution < -0.4 is 5.32 Å². The molecule has 1 saturated carbocycles. The molecule has 2 aromatic rings. The first-order valence-electron chi connectivity index (χ1n) is 8.29. The van der Waals surface area contributed by atoms with Crippen molar-refractivity contribution in [2.24, 2.45) is 0 Å². The quantitative estimate of drug-likeness (QED) is 0.840. The number of aromatic nitrogens is 1. The number of urea groups is 1. The summed E-state index contributed by atoms with van der Waals surface area (Å²) in [6.07, 6.45) is 5.79. The molecule has 1 N–H and O–H groups in total. The number of nitrogens with zero attached hydrogens (tertiary/aromatic N) is 2. The van der Waals surface area contributed by atoms with Gasteiger partial charge in [-0.15, -0.1) is 11.3 Å². The maximum atomic E-state index is 12.9. The van der Waals surface area contributed by atoms with Gasteiger partial charge in [0.15, 0.2) is 0 Å². The Morgan fingerprint density at radius 1 is 1.17 bits per heavy atom. The first-order valence-corrected chi connectivity index (χ1v) is 10.1. The second kappa shape index (κ2) is 6.29. The van der Waals surface area contributed by atoms with Gasteiger partial charge >= 0.3 is 6.03 Å². The highest BCUT2D eigenvalue weighted by Crippen LogP contribution is 2.34. The largest absolute Gasteiger partial charge is 0.325 e. The Bertz CT molecular complexity index is 746. The number of amides is 3. The SMILES string of the molecule is O=C1NC2(CCCCCC2)C(=O)N1Cc1csc(-c2ccsc2)n1. The van der Waals surface area contributed by atoms with E-state index < -0.39 is 5.54 Å². The summed E-state index contributed by atoms with van der Waals surface area (Å²) >= 11 is 3.18. The van der Waals surface area contributed by atoms with Crippen molar-refractivity contribution in [2.75, 3.05) is 0 Å². The van der Waals surface area contributed by atoms with Gasteiger partial charge in [0.1, 0.15) is 10.5 Å². The second-order valence-corrected chi connectivity index (χ2v) is 8.11. The zero-order valence-electron chi connectivity index (χ0n) is 13.3. The van der Waals surface area contributed by atoms with Crippen LogP contribution in [0, 0.1) is 0 Å². The standard InChI is InChI=1S/C17H19N3O2S2/c21-15-17(6-3-1-2-4-7-17)19-16(22)20(15)9-13-11-24-14(18-13)12-5-8-23-10-12/h5,8,10-11H,1-4,6-7,9H2,(H,19,22). The number of hydrogen-bond acceptors (Lipinski definition) is 5. The lowest BCUT2D eigenvalue weighted by molar-refractivity contribution is -0.132. The van der Waals surface area contributed by atoms with Crippen LogP contribution in [0.5, 0.6) is 0 Å². The van der Waals surface area contributed by atoms with Gasteiger partial charge in [-0.25, -0.2) is 9.78 Å². The molecule has 0 atom stereocenters. The molecule has 1 aliphatic heterocycles. The highest BCUT2D eigenvalue weighted by molar-refractivity contribution is 7.14. The van der Waals surface area contributed by atoms with E-state index >= 15 is 0 Å². The minimum Gasteiger partial charge on any atom is -0.323 e. The average molecular weight is 361 g/mol. The van der Waals surface area contributed by atoms with Crippen molar-refractivity contribution in [3.05, 3.63) is 27.9 Å². The van der Waals surface area contributed by atoms with Gasteiger partial charge in [0.2, 0.25) is 0 Å². The molecule has 0 aromatic carbocycles. The molecule has 2 aromatic heterocycles. The van der Waals surface area contributed by atoms with E-state index in [0.29, 0.717) is 0 Å². The van der Waals surface area contributed by atoms with Crippen LogP contribution in [0.1, 0.15) is 44.2 Å². The number of thiazole rings is 1. The highest BCUT2D eigenvalue weighted by Gasteiger charge is 2.50. The lowest BCUT2D eigenvalue weighted by Gasteiger charge is -2.24. The fraction of sp³-hybridized carbons (Fsp3) is 0.471. The summed E-state index contributed by atoms with van der Waals surface area (Å²) in [6, 6.07) is 1.76. The summed E-state index contributed by atoms with van der Waals surface area (Å²) in [7, 11) is 0. The number of carbonyl (C=O) groups is 2. The Labute approximate surface area is 148 Å². The van der Waals surface area contributed by atoms with Crippen LogP contribution in [-0.4, -0.2) is 27.4 Å². The van der Waals surface area contributed by atoms with Crippen molar-refractivity contribution >= 4 is 34.6 Å². The summed E-state index contributed by atoms with van der Waals surface area (Å²) in [6.45, 7) is 0.257.